The van der Waals surface area contributed by atoms with Gasteiger partial charge < -0.3 is 9.80 Å². The topological polar surface area (TPSA) is 40.6 Å². The maximum Gasteiger partial charge on any atom is 0.219 e. The second-order valence-electron chi connectivity index (χ2n) is 6.02. The van der Waals surface area contributed by atoms with Gasteiger partial charge in [-0.05, 0) is 43.0 Å². The molecule has 0 spiro atoms. The van der Waals surface area contributed by atoms with E-state index in [0.29, 0.717) is 12.3 Å². The SMILES string of the molecule is CC(=O)N1CCC(CC(=O)c2ccc(N(C)C)cc2)CC1. The lowest BCUT2D eigenvalue weighted by Crippen LogP contribution is -2.37. The zero-order valence-electron chi connectivity index (χ0n) is 13.1. The Labute approximate surface area is 126 Å². The summed E-state index contributed by atoms with van der Waals surface area (Å²) in [6.07, 6.45) is 2.45. The summed E-state index contributed by atoms with van der Waals surface area (Å²) in [5.74, 6) is 0.752. The molecular formula is C17H24N2O2. The maximum absolute atomic E-state index is 12.3. The smallest absolute Gasteiger partial charge is 0.219 e. The highest BCUT2D eigenvalue weighted by Crippen LogP contribution is 2.23. The van der Waals surface area contributed by atoms with Gasteiger partial charge in [-0.25, -0.2) is 0 Å². The molecule has 0 radical (unpaired) electrons. The fourth-order valence-corrected chi connectivity index (χ4v) is 2.78. The molecule has 21 heavy (non-hydrogen) atoms. The van der Waals surface area contributed by atoms with Gasteiger partial charge in [0.1, 0.15) is 0 Å². The van der Waals surface area contributed by atoms with Crippen LogP contribution in [0.15, 0.2) is 24.3 Å². The molecule has 1 fully saturated rings. The second kappa shape index (κ2) is 6.74. The van der Waals surface area contributed by atoms with Crippen LogP contribution in [0.5, 0.6) is 0 Å². The largest absolute Gasteiger partial charge is 0.378 e. The van der Waals surface area contributed by atoms with E-state index in [1.165, 1.54) is 0 Å². The number of benzene rings is 1. The van der Waals surface area contributed by atoms with Crippen LogP contribution in [-0.2, 0) is 4.79 Å². The summed E-state index contributed by atoms with van der Waals surface area (Å²) in [5, 5.41) is 0. The average molecular weight is 288 g/mol. The van der Waals surface area contributed by atoms with E-state index in [1.54, 1.807) is 6.92 Å². The first-order valence-corrected chi connectivity index (χ1v) is 7.53. The highest BCUT2D eigenvalue weighted by Gasteiger charge is 2.23. The van der Waals surface area contributed by atoms with E-state index >= 15 is 0 Å². The van der Waals surface area contributed by atoms with Crippen molar-refractivity contribution in [1.82, 2.24) is 4.90 Å². The van der Waals surface area contributed by atoms with E-state index < -0.39 is 0 Å². The van der Waals surface area contributed by atoms with Gasteiger partial charge in [0, 0.05) is 51.8 Å². The quantitative estimate of drug-likeness (QED) is 0.800. The van der Waals surface area contributed by atoms with E-state index in [9.17, 15) is 9.59 Å². The second-order valence-corrected chi connectivity index (χ2v) is 6.02. The Kier molecular flexibility index (Phi) is 4.99. The van der Waals surface area contributed by atoms with E-state index in [2.05, 4.69) is 0 Å². The molecule has 4 nitrogen and oxygen atoms in total. The first-order chi connectivity index (χ1) is 9.97. The van der Waals surface area contributed by atoms with Gasteiger partial charge in [-0.2, -0.15) is 0 Å². The van der Waals surface area contributed by atoms with Crippen molar-refractivity contribution in [3.8, 4) is 0 Å². The fraction of sp³-hybridized carbons (Fsp3) is 0.529. The van der Waals surface area contributed by atoms with Crippen molar-refractivity contribution in [2.45, 2.75) is 26.2 Å². The third kappa shape index (κ3) is 4.06. The van der Waals surface area contributed by atoms with Crippen LogP contribution in [0.3, 0.4) is 0 Å². The lowest BCUT2D eigenvalue weighted by Gasteiger charge is -2.31. The summed E-state index contributed by atoms with van der Waals surface area (Å²) in [5.41, 5.74) is 1.89. The predicted molar refractivity (Wildman–Crippen MR) is 84.7 cm³/mol. The van der Waals surface area contributed by atoms with Crippen LogP contribution < -0.4 is 4.90 Å². The molecule has 0 bridgehead atoms. The minimum Gasteiger partial charge on any atom is -0.378 e. The standard InChI is InChI=1S/C17H24N2O2/c1-13(20)19-10-8-14(9-11-19)12-17(21)15-4-6-16(7-5-15)18(2)3/h4-7,14H,8-12H2,1-3H3. The van der Waals surface area contributed by atoms with Crippen LogP contribution >= 0.6 is 0 Å². The van der Waals surface area contributed by atoms with Crippen molar-refractivity contribution < 1.29 is 9.59 Å². The zero-order chi connectivity index (χ0) is 15.4. The number of Topliss-reactive ketones (excluding diaryl/α,β-unsaturated/α-hetero) is 1. The molecule has 0 N–H and O–H groups in total. The summed E-state index contributed by atoms with van der Waals surface area (Å²) >= 11 is 0. The number of likely N-dealkylation sites (tertiary alicyclic amines) is 1. The van der Waals surface area contributed by atoms with Crippen molar-refractivity contribution in [1.29, 1.82) is 0 Å². The van der Waals surface area contributed by atoms with E-state index in [0.717, 1.165) is 37.2 Å². The molecule has 1 heterocycles. The monoisotopic (exact) mass is 288 g/mol. The molecule has 0 aromatic heterocycles. The Hall–Kier alpha value is -1.84. The first kappa shape index (κ1) is 15.5. The Morgan fingerprint density at radius 1 is 1.14 bits per heavy atom. The number of hydrogen-bond acceptors (Lipinski definition) is 3. The van der Waals surface area contributed by atoms with Crippen molar-refractivity contribution in [3.63, 3.8) is 0 Å². The van der Waals surface area contributed by atoms with Gasteiger partial charge in [-0.15, -0.1) is 0 Å². The summed E-state index contributed by atoms with van der Waals surface area (Å²) in [4.78, 5) is 27.5. The molecule has 114 valence electrons. The molecule has 0 atom stereocenters. The number of piperidine rings is 1. The number of amides is 1. The van der Waals surface area contributed by atoms with Crippen molar-refractivity contribution in [2.75, 3.05) is 32.1 Å². The third-order valence-corrected chi connectivity index (χ3v) is 4.24. The lowest BCUT2D eigenvalue weighted by molar-refractivity contribution is -0.130. The minimum absolute atomic E-state index is 0.138. The number of anilines is 1. The Bertz CT molecular complexity index is 500. The number of carbonyl (C=O) groups excluding carboxylic acids is 2. The van der Waals surface area contributed by atoms with Crippen molar-refractivity contribution in [3.05, 3.63) is 29.8 Å². The molecule has 0 aliphatic carbocycles. The van der Waals surface area contributed by atoms with Crippen LogP contribution in [0.2, 0.25) is 0 Å². The summed E-state index contributed by atoms with van der Waals surface area (Å²) in [7, 11) is 3.97. The summed E-state index contributed by atoms with van der Waals surface area (Å²) in [6.45, 7) is 3.18. The highest BCUT2D eigenvalue weighted by molar-refractivity contribution is 5.96. The minimum atomic E-state index is 0.138. The number of hydrogen-bond donors (Lipinski definition) is 0. The number of nitrogens with zero attached hydrogens (tertiary/aromatic N) is 2. The molecule has 1 aromatic carbocycles. The molecule has 4 heteroatoms. The molecule has 0 unspecified atom stereocenters. The number of ketones is 1. The first-order valence-electron chi connectivity index (χ1n) is 7.53. The molecule has 1 aliphatic heterocycles. The van der Waals surface area contributed by atoms with Gasteiger partial charge in [0.15, 0.2) is 5.78 Å². The molecule has 0 saturated carbocycles. The van der Waals surface area contributed by atoms with Crippen molar-refractivity contribution in [2.24, 2.45) is 5.92 Å². The van der Waals surface area contributed by atoms with Gasteiger partial charge in [0.2, 0.25) is 5.91 Å². The number of rotatable bonds is 4. The van der Waals surface area contributed by atoms with E-state index in [4.69, 9.17) is 0 Å². The maximum atomic E-state index is 12.3. The van der Waals surface area contributed by atoms with Gasteiger partial charge in [-0.1, -0.05) is 0 Å². The lowest BCUT2D eigenvalue weighted by atomic mass is 9.90. The summed E-state index contributed by atoms with van der Waals surface area (Å²) < 4.78 is 0. The predicted octanol–water partition coefficient (Wildman–Crippen LogP) is 2.58. The molecule has 1 amide bonds. The molecule has 1 saturated heterocycles. The highest BCUT2D eigenvalue weighted by atomic mass is 16.2. The summed E-state index contributed by atoms with van der Waals surface area (Å²) in [6, 6.07) is 7.77. The average Bonchev–Trinajstić information content (AvgIpc) is 2.47. The normalized spacial score (nSPS) is 15.9. The van der Waals surface area contributed by atoms with Crippen LogP contribution in [0, 0.1) is 5.92 Å². The molecule has 1 aromatic rings. The third-order valence-electron chi connectivity index (χ3n) is 4.24. The van der Waals surface area contributed by atoms with Gasteiger partial charge in [0.05, 0.1) is 0 Å². The van der Waals surface area contributed by atoms with Crippen LogP contribution in [0.1, 0.15) is 36.5 Å². The zero-order valence-corrected chi connectivity index (χ0v) is 13.1. The van der Waals surface area contributed by atoms with Crippen LogP contribution in [0.25, 0.3) is 0 Å². The Balaban J connectivity index is 1.89. The van der Waals surface area contributed by atoms with E-state index in [-0.39, 0.29) is 11.7 Å². The van der Waals surface area contributed by atoms with Gasteiger partial charge >= 0.3 is 0 Å². The number of carbonyl (C=O) groups is 2. The Morgan fingerprint density at radius 2 is 1.71 bits per heavy atom. The van der Waals surface area contributed by atoms with Gasteiger partial charge in [0.25, 0.3) is 0 Å². The van der Waals surface area contributed by atoms with Crippen molar-refractivity contribution >= 4 is 17.4 Å². The van der Waals surface area contributed by atoms with Crippen LogP contribution in [-0.4, -0.2) is 43.8 Å². The fourth-order valence-electron chi connectivity index (χ4n) is 2.78. The van der Waals surface area contributed by atoms with Gasteiger partial charge in [-0.3, -0.25) is 9.59 Å². The molecule has 1 aliphatic rings. The molecular weight excluding hydrogens is 264 g/mol. The van der Waals surface area contributed by atoms with Crippen LogP contribution in [0.4, 0.5) is 5.69 Å². The van der Waals surface area contributed by atoms with E-state index in [1.807, 2.05) is 48.2 Å². The Morgan fingerprint density at radius 3 is 2.19 bits per heavy atom. The molecule has 2 rings (SSSR count).